The van der Waals surface area contributed by atoms with Gasteiger partial charge >= 0.3 is 0 Å². The highest BCUT2D eigenvalue weighted by molar-refractivity contribution is 8.00. The van der Waals surface area contributed by atoms with Crippen LogP contribution < -0.4 is 5.32 Å². The van der Waals surface area contributed by atoms with Crippen LogP contribution in [0.4, 0.5) is 4.39 Å². The number of nitrogens with zero attached hydrogens (tertiary/aromatic N) is 1. The van der Waals surface area contributed by atoms with Gasteiger partial charge in [0, 0.05) is 35.0 Å². The Kier molecular flexibility index (Phi) is 9.98. The van der Waals surface area contributed by atoms with E-state index in [1.807, 2.05) is 49.4 Å². The third kappa shape index (κ3) is 7.61. The van der Waals surface area contributed by atoms with Gasteiger partial charge in [-0.05, 0) is 42.3 Å². The zero-order chi connectivity index (χ0) is 24.3. The normalized spacial score (nSPS) is 11.6. The van der Waals surface area contributed by atoms with Gasteiger partial charge in [-0.25, -0.2) is 4.39 Å². The van der Waals surface area contributed by atoms with Crippen LogP contribution in [0.2, 0.25) is 5.02 Å². The third-order valence-corrected chi connectivity index (χ3v) is 6.54. The lowest BCUT2D eigenvalue weighted by molar-refractivity contribution is -0.139. The number of thioether (sulfide) groups is 1. The number of nitrogens with one attached hydrogen (secondary N) is 1. The van der Waals surface area contributed by atoms with Crippen LogP contribution in [0.5, 0.6) is 0 Å². The fourth-order valence-corrected chi connectivity index (χ4v) is 4.40. The first kappa shape index (κ1) is 25.8. The topological polar surface area (TPSA) is 49.4 Å². The Labute approximate surface area is 209 Å². The number of benzene rings is 3. The highest BCUT2D eigenvalue weighted by Crippen LogP contribution is 2.23. The number of hydrogen-bond donors (Lipinski definition) is 1. The molecular formula is C27H28ClFN2O2S. The second-order valence-electron chi connectivity index (χ2n) is 7.85. The molecule has 3 aromatic carbocycles. The third-order valence-electron chi connectivity index (χ3n) is 5.29. The Morgan fingerprint density at radius 2 is 1.68 bits per heavy atom. The van der Waals surface area contributed by atoms with Crippen molar-refractivity contribution in [2.24, 2.45) is 0 Å². The first-order chi connectivity index (χ1) is 16.5. The molecule has 0 heterocycles. The predicted octanol–water partition coefficient (Wildman–Crippen LogP) is 5.74. The molecule has 1 atom stereocenters. The molecule has 4 nitrogen and oxygen atoms in total. The largest absolute Gasteiger partial charge is 0.354 e. The van der Waals surface area contributed by atoms with Crippen LogP contribution in [0.1, 0.15) is 24.5 Å². The molecule has 0 bridgehead atoms. The van der Waals surface area contributed by atoms with Crippen LogP contribution in [0.25, 0.3) is 0 Å². The molecule has 0 saturated heterocycles. The monoisotopic (exact) mass is 498 g/mol. The van der Waals surface area contributed by atoms with Crippen molar-refractivity contribution in [3.8, 4) is 0 Å². The molecule has 0 fully saturated rings. The second-order valence-corrected chi connectivity index (χ2v) is 9.34. The lowest BCUT2D eigenvalue weighted by Crippen LogP contribution is -2.51. The van der Waals surface area contributed by atoms with Gasteiger partial charge in [0.2, 0.25) is 11.8 Å². The molecule has 0 saturated carbocycles. The summed E-state index contributed by atoms with van der Waals surface area (Å²) in [6, 6.07) is 22.3. The number of carbonyl (C=O) groups is 2. The number of hydrogen-bond acceptors (Lipinski definition) is 3. The summed E-state index contributed by atoms with van der Waals surface area (Å²) in [5.74, 6) is -0.775. The maximum atomic E-state index is 14.5. The van der Waals surface area contributed by atoms with Crippen LogP contribution in [0, 0.1) is 5.82 Å². The van der Waals surface area contributed by atoms with Crippen molar-refractivity contribution in [1.82, 2.24) is 10.2 Å². The van der Waals surface area contributed by atoms with E-state index in [2.05, 4.69) is 5.32 Å². The molecule has 0 aliphatic rings. The van der Waals surface area contributed by atoms with Crippen LogP contribution in [0.15, 0.2) is 83.8 Å². The highest BCUT2D eigenvalue weighted by atomic mass is 35.5. The highest BCUT2D eigenvalue weighted by Gasteiger charge is 2.30. The lowest BCUT2D eigenvalue weighted by Gasteiger charge is -2.31. The molecule has 0 unspecified atom stereocenters. The van der Waals surface area contributed by atoms with Gasteiger partial charge in [-0.3, -0.25) is 9.59 Å². The molecule has 1 N–H and O–H groups in total. The van der Waals surface area contributed by atoms with Crippen molar-refractivity contribution in [1.29, 1.82) is 0 Å². The van der Waals surface area contributed by atoms with E-state index < -0.39 is 11.9 Å². The molecule has 3 aromatic rings. The second kappa shape index (κ2) is 13.2. The van der Waals surface area contributed by atoms with Gasteiger partial charge in [-0.1, -0.05) is 67.1 Å². The van der Waals surface area contributed by atoms with Crippen molar-refractivity contribution in [3.05, 3.63) is 101 Å². The van der Waals surface area contributed by atoms with E-state index in [1.165, 1.54) is 22.7 Å². The van der Waals surface area contributed by atoms with Gasteiger partial charge in [0.1, 0.15) is 11.9 Å². The SMILES string of the molecule is CCCNC(=O)[C@H](Cc1ccccc1)N(Cc1ccccc1F)C(=O)CSc1ccc(Cl)cc1. The van der Waals surface area contributed by atoms with Crippen molar-refractivity contribution in [3.63, 3.8) is 0 Å². The number of rotatable bonds is 11. The Morgan fingerprint density at radius 3 is 2.35 bits per heavy atom. The lowest BCUT2D eigenvalue weighted by atomic mass is 10.0. The van der Waals surface area contributed by atoms with E-state index in [1.54, 1.807) is 30.3 Å². The minimum absolute atomic E-state index is 0.00370. The summed E-state index contributed by atoms with van der Waals surface area (Å²) in [6.07, 6.45) is 1.11. The Morgan fingerprint density at radius 1 is 1.00 bits per heavy atom. The van der Waals surface area contributed by atoms with Crippen LogP contribution >= 0.6 is 23.4 Å². The van der Waals surface area contributed by atoms with Crippen LogP contribution in [-0.4, -0.2) is 35.1 Å². The van der Waals surface area contributed by atoms with Crippen molar-refractivity contribution < 1.29 is 14.0 Å². The molecule has 0 aromatic heterocycles. The van der Waals surface area contributed by atoms with Gasteiger partial charge in [0.15, 0.2) is 0 Å². The molecule has 0 aliphatic carbocycles. The van der Waals surface area contributed by atoms with E-state index in [9.17, 15) is 14.0 Å². The average Bonchev–Trinajstić information content (AvgIpc) is 2.85. The van der Waals surface area contributed by atoms with Gasteiger partial charge in [-0.2, -0.15) is 0 Å². The van der Waals surface area contributed by atoms with Gasteiger partial charge in [-0.15, -0.1) is 11.8 Å². The fourth-order valence-electron chi connectivity index (χ4n) is 3.49. The maximum absolute atomic E-state index is 14.5. The van der Waals surface area contributed by atoms with E-state index in [-0.39, 0.29) is 24.1 Å². The zero-order valence-corrected chi connectivity index (χ0v) is 20.6. The first-order valence-corrected chi connectivity index (χ1v) is 12.6. The van der Waals surface area contributed by atoms with Gasteiger partial charge in [0.05, 0.1) is 5.75 Å². The molecule has 3 rings (SSSR count). The van der Waals surface area contributed by atoms with E-state index in [0.717, 1.165) is 16.9 Å². The summed E-state index contributed by atoms with van der Waals surface area (Å²) in [6.45, 7) is 2.48. The number of halogens is 2. The van der Waals surface area contributed by atoms with Crippen LogP contribution in [-0.2, 0) is 22.6 Å². The summed E-state index contributed by atoms with van der Waals surface area (Å²) in [7, 11) is 0. The number of amides is 2. The van der Waals surface area contributed by atoms with E-state index in [4.69, 9.17) is 11.6 Å². The molecule has 0 aliphatic heterocycles. The Bertz CT molecular complexity index is 1080. The number of carbonyl (C=O) groups excluding carboxylic acids is 2. The zero-order valence-electron chi connectivity index (χ0n) is 19.0. The molecule has 178 valence electrons. The quantitative estimate of drug-likeness (QED) is 0.343. The van der Waals surface area contributed by atoms with Gasteiger partial charge in [0.25, 0.3) is 0 Å². The minimum atomic E-state index is -0.771. The van der Waals surface area contributed by atoms with Crippen molar-refractivity contribution in [2.45, 2.75) is 37.2 Å². The summed E-state index contributed by atoms with van der Waals surface area (Å²) < 4.78 is 14.5. The van der Waals surface area contributed by atoms with Crippen molar-refractivity contribution >= 4 is 35.2 Å². The summed E-state index contributed by atoms with van der Waals surface area (Å²) in [5.41, 5.74) is 1.30. The smallest absolute Gasteiger partial charge is 0.243 e. The summed E-state index contributed by atoms with van der Waals surface area (Å²) in [4.78, 5) is 29.1. The molecule has 0 radical (unpaired) electrons. The molecule has 7 heteroatoms. The minimum Gasteiger partial charge on any atom is -0.354 e. The molecule has 2 amide bonds. The molecular weight excluding hydrogens is 471 g/mol. The average molecular weight is 499 g/mol. The molecule has 0 spiro atoms. The van der Waals surface area contributed by atoms with E-state index in [0.29, 0.717) is 23.6 Å². The Balaban J connectivity index is 1.89. The van der Waals surface area contributed by atoms with Gasteiger partial charge < -0.3 is 10.2 Å². The maximum Gasteiger partial charge on any atom is 0.243 e. The van der Waals surface area contributed by atoms with E-state index >= 15 is 0 Å². The fraction of sp³-hybridized carbons (Fsp3) is 0.259. The van der Waals surface area contributed by atoms with Crippen molar-refractivity contribution in [2.75, 3.05) is 12.3 Å². The summed E-state index contributed by atoms with van der Waals surface area (Å²) >= 11 is 7.32. The predicted molar refractivity (Wildman–Crippen MR) is 136 cm³/mol. The Hall–Kier alpha value is -2.83. The first-order valence-electron chi connectivity index (χ1n) is 11.2. The van der Waals surface area contributed by atoms with Crippen LogP contribution in [0.3, 0.4) is 0 Å². The standard InChI is InChI=1S/C27H28ClFN2O2S/c1-2-16-30-27(33)25(17-20-8-4-3-5-9-20)31(18-21-10-6-7-11-24(21)29)26(32)19-34-23-14-12-22(28)13-15-23/h3-15,25H,2,16-19H2,1H3,(H,30,33)/t25-/m0/s1. The summed E-state index contributed by atoms with van der Waals surface area (Å²) in [5, 5.41) is 3.54. The molecule has 34 heavy (non-hydrogen) atoms.